The Balaban J connectivity index is 2.39. The van der Waals surface area contributed by atoms with Crippen molar-refractivity contribution in [2.45, 2.75) is 38.5 Å². The SMILES string of the molecule is C#CCCCCC(=O)OCc1[nH]cnc1C(F)(F)F. The minimum absolute atomic E-state index is 0.136. The molecule has 0 unspecified atom stereocenters. The van der Waals surface area contributed by atoms with Gasteiger partial charge in [-0.3, -0.25) is 4.79 Å². The number of esters is 1. The van der Waals surface area contributed by atoms with E-state index < -0.39 is 24.4 Å². The molecular formula is C12H13F3N2O2. The highest BCUT2D eigenvalue weighted by Crippen LogP contribution is 2.29. The molecule has 104 valence electrons. The van der Waals surface area contributed by atoms with Gasteiger partial charge in [-0.1, -0.05) is 0 Å². The third kappa shape index (κ3) is 5.04. The van der Waals surface area contributed by atoms with Gasteiger partial charge in [0.05, 0.1) is 12.0 Å². The molecule has 4 nitrogen and oxygen atoms in total. The van der Waals surface area contributed by atoms with Crippen LogP contribution >= 0.6 is 0 Å². The summed E-state index contributed by atoms with van der Waals surface area (Å²) < 4.78 is 42.1. The molecule has 0 fully saturated rings. The second-order valence-electron chi connectivity index (χ2n) is 3.80. The number of nitrogens with zero attached hydrogens (tertiary/aromatic N) is 1. The highest BCUT2D eigenvalue weighted by Gasteiger charge is 2.36. The molecule has 0 bridgehead atoms. The third-order valence-corrected chi connectivity index (χ3v) is 2.32. The normalized spacial score (nSPS) is 11.1. The number of carbonyl (C=O) groups excluding carboxylic acids is 1. The number of H-pyrrole nitrogens is 1. The van der Waals surface area contributed by atoms with Crippen LogP contribution in [0, 0.1) is 12.3 Å². The molecule has 0 aliphatic rings. The second kappa shape index (κ2) is 6.83. The van der Waals surface area contributed by atoms with E-state index in [0.717, 1.165) is 6.33 Å². The van der Waals surface area contributed by atoms with E-state index in [-0.39, 0.29) is 12.1 Å². The first-order chi connectivity index (χ1) is 8.95. The molecule has 1 N–H and O–H groups in total. The van der Waals surface area contributed by atoms with E-state index in [9.17, 15) is 18.0 Å². The van der Waals surface area contributed by atoms with E-state index in [0.29, 0.717) is 19.3 Å². The van der Waals surface area contributed by atoms with Crippen molar-refractivity contribution in [2.24, 2.45) is 0 Å². The molecule has 0 atom stereocenters. The Labute approximate surface area is 108 Å². The lowest BCUT2D eigenvalue weighted by Gasteiger charge is -2.07. The Bertz CT molecular complexity index is 460. The first-order valence-electron chi connectivity index (χ1n) is 5.63. The summed E-state index contributed by atoms with van der Waals surface area (Å²) in [6.45, 7) is -0.469. The smallest absolute Gasteiger partial charge is 0.435 e. The number of carbonyl (C=O) groups is 1. The van der Waals surface area contributed by atoms with Crippen molar-refractivity contribution in [3.8, 4) is 12.3 Å². The van der Waals surface area contributed by atoms with Gasteiger partial charge in [-0.2, -0.15) is 13.2 Å². The maximum absolute atomic E-state index is 12.5. The average Bonchev–Trinajstić information content (AvgIpc) is 2.80. The minimum atomic E-state index is -4.56. The quantitative estimate of drug-likeness (QED) is 0.493. The van der Waals surface area contributed by atoms with Crippen LogP contribution in [0.1, 0.15) is 37.1 Å². The zero-order valence-electron chi connectivity index (χ0n) is 10.1. The number of imidazole rings is 1. The van der Waals surface area contributed by atoms with Crippen LogP contribution in [-0.2, 0) is 22.3 Å². The molecule has 1 rings (SSSR count). The van der Waals surface area contributed by atoms with Crippen LogP contribution in [0.2, 0.25) is 0 Å². The number of unbranched alkanes of at least 4 members (excludes halogenated alkanes) is 2. The summed E-state index contributed by atoms with van der Waals surface area (Å²) in [7, 11) is 0. The minimum Gasteiger partial charge on any atom is -0.459 e. The van der Waals surface area contributed by atoms with Gasteiger partial charge >= 0.3 is 12.1 Å². The first kappa shape index (κ1) is 15.1. The molecule has 0 amide bonds. The Morgan fingerprint density at radius 2 is 2.21 bits per heavy atom. The van der Waals surface area contributed by atoms with E-state index in [1.165, 1.54) is 0 Å². The van der Waals surface area contributed by atoms with Gasteiger partial charge in [0.15, 0.2) is 5.69 Å². The summed E-state index contributed by atoms with van der Waals surface area (Å²) in [6.07, 6.45) is 3.33. The number of hydrogen-bond donors (Lipinski definition) is 1. The summed E-state index contributed by atoms with van der Waals surface area (Å²) in [4.78, 5) is 16.7. The van der Waals surface area contributed by atoms with Crippen LogP contribution in [0.5, 0.6) is 0 Å². The molecule has 0 aliphatic heterocycles. The number of nitrogens with one attached hydrogen (secondary N) is 1. The van der Waals surface area contributed by atoms with Gasteiger partial charge in [0, 0.05) is 12.8 Å². The maximum atomic E-state index is 12.5. The Hall–Kier alpha value is -1.97. The standard InChI is InChI=1S/C12H13F3N2O2/c1-2-3-4-5-6-10(18)19-7-9-11(12(13,14)15)17-8-16-9/h1,8H,3-7H2,(H,16,17). The molecule has 0 radical (unpaired) electrons. The highest BCUT2D eigenvalue weighted by molar-refractivity contribution is 5.69. The predicted octanol–water partition coefficient (Wildman–Crippen LogP) is 2.67. The van der Waals surface area contributed by atoms with Crippen molar-refractivity contribution in [3.63, 3.8) is 0 Å². The molecule has 1 aromatic rings. The van der Waals surface area contributed by atoms with Crippen LogP contribution in [0.4, 0.5) is 13.2 Å². The zero-order valence-corrected chi connectivity index (χ0v) is 10.1. The summed E-state index contributed by atoms with van der Waals surface area (Å²) >= 11 is 0. The number of aromatic nitrogens is 2. The van der Waals surface area contributed by atoms with Crippen molar-refractivity contribution in [3.05, 3.63) is 17.7 Å². The number of halogens is 3. The molecule has 1 aromatic heterocycles. The molecule has 0 saturated heterocycles. The number of terminal acetylenes is 1. The Kier molecular flexibility index (Phi) is 5.42. The van der Waals surface area contributed by atoms with Crippen molar-refractivity contribution < 1.29 is 22.7 Å². The number of aromatic amines is 1. The van der Waals surface area contributed by atoms with Crippen LogP contribution in [-0.4, -0.2) is 15.9 Å². The summed E-state index contributed by atoms with van der Waals surface area (Å²) in [5.41, 5.74) is -1.32. The molecule has 0 saturated carbocycles. The zero-order chi connectivity index (χ0) is 14.3. The van der Waals surface area contributed by atoms with Gasteiger partial charge < -0.3 is 9.72 Å². The summed E-state index contributed by atoms with van der Waals surface area (Å²) in [6, 6.07) is 0. The summed E-state index contributed by atoms with van der Waals surface area (Å²) in [5, 5.41) is 0. The van der Waals surface area contributed by atoms with E-state index in [2.05, 4.69) is 15.9 Å². The fraction of sp³-hybridized carbons (Fsp3) is 0.500. The molecule has 1 heterocycles. The Morgan fingerprint density at radius 3 is 2.84 bits per heavy atom. The highest BCUT2D eigenvalue weighted by atomic mass is 19.4. The number of hydrogen-bond acceptors (Lipinski definition) is 3. The maximum Gasteiger partial charge on any atom is 0.435 e. The molecule has 19 heavy (non-hydrogen) atoms. The van der Waals surface area contributed by atoms with Crippen LogP contribution in [0.3, 0.4) is 0 Å². The molecule has 0 aromatic carbocycles. The molecule has 0 aliphatic carbocycles. The topological polar surface area (TPSA) is 55.0 Å². The fourth-order valence-electron chi connectivity index (χ4n) is 1.40. The Morgan fingerprint density at radius 1 is 1.47 bits per heavy atom. The molecule has 7 heteroatoms. The summed E-state index contributed by atoms with van der Waals surface area (Å²) in [5.74, 6) is 1.87. The van der Waals surface area contributed by atoms with Crippen molar-refractivity contribution in [1.82, 2.24) is 9.97 Å². The largest absolute Gasteiger partial charge is 0.459 e. The average molecular weight is 274 g/mol. The molecular weight excluding hydrogens is 261 g/mol. The van der Waals surface area contributed by atoms with Crippen LogP contribution in [0.25, 0.3) is 0 Å². The van der Waals surface area contributed by atoms with Crippen LogP contribution < -0.4 is 0 Å². The number of ether oxygens (including phenoxy) is 1. The number of alkyl halides is 3. The van der Waals surface area contributed by atoms with E-state index >= 15 is 0 Å². The van der Waals surface area contributed by atoms with Gasteiger partial charge in [0.1, 0.15) is 6.61 Å². The van der Waals surface area contributed by atoms with Gasteiger partial charge in [0.25, 0.3) is 0 Å². The third-order valence-electron chi connectivity index (χ3n) is 2.32. The van der Waals surface area contributed by atoms with Crippen molar-refractivity contribution >= 4 is 5.97 Å². The molecule has 0 spiro atoms. The first-order valence-corrected chi connectivity index (χ1v) is 5.63. The van der Waals surface area contributed by atoms with Crippen LogP contribution in [0.15, 0.2) is 6.33 Å². The van der Waals surface area contributed by atoms with Crippen molar-refractivity contribution in [2.75, 3.05) is 0 Å². The van der Waals surface area contributed by atoms with Gasteiger partial charge in [-0.05, 0) is 12.8 Å². The fourth-order valence-corrected chi connectivity index (χ4v) is 1.40. The van der Waals surface area contributed by atoms with Gasteiger partial charge in [-0.15, -0.1) is 12.3 Å². The lowest BCUT2D eigenvalue weighted by Crippen LogP contribution is -2.12. The van der Waals surface area contributed by atoms with E-state index in [4.69, 9.17) is 11.2 Å². The van der Waals surface area contributed by atoms with Crippen molar-refractivity contribution in [1.29, 1.82) is 0 Å². The lowest BCUT2D eigenvalue weighted by molar-refractivity contribution is -0.149. The second-order valence-corrected chi connectivity index (χ2v) is 3.80. The number of rotatable bonds is 6. The van der Waals surface area contributed by atoms with E-state index in [1.807, 2.05) is 0 Å². The predicted molar refractivity (Wildman–Crippen MR) is 60.7 cm³/mol. The van der Waals surface area contributed by atoms with Gasteiger partial charge in [-0.25, -0.2) is 4.98 Å². The van der Waals surface area contributed by atoms with E-state index in [1.54, 1.807) is 0 Å². The lowest BCUT2D eigenvalue weighted by atomic mass is 10.2. The monoisotopic (exact) mass is 274 g/mol. The van der Waals surface area contributed by atoms with Gasteiger partial charge in [0.2, 0.25) is 0 Å².